The van der Waals surface area contributed by atoms with Crippen LogP contribution in [0.3, 0.4) is 0 Å². The Morgan fingerprint density at radius 2 is 2.06 bits per heavy atom. The highest BCUT2D eigenvalue weighted by atomic mass is 16.5. The first-order valence-corrected chi connectivity index (χ1v) is 7.13. The largest absolute Gasteiger partial charge is 0.389 e. The molecule has 17 heavy (non-hydrogen) atoms. The van der Waals surface area contributed by atoms with Gasteiger partial charge in [-0.2, -0.15) is 0 Å². The molecule has 0 bridgehead atoms. The van der Waals surface area contributed by atoms with Crippen molar-refractivity contribution in [2.75, 3.05) is 26.3 Å². The molecule has 1 atom stereocenters. The van der Waals surface area contributed by atoms with Gasteiger partial charge in [-0.15, -0.1) is 0 Å². The Morgan fingerprint density at radius 3 is 2.59 bits per heavy atom. The average Bonchev–Trinajstić information content (AvgIpc) is 3.07. The van der Waals surface area contributed by atoms with E-state index in [0.717, 1.165) is 38.5 Å². The van der Waals surface area contributed by atoms with Crippen molar-refractivity contribution in [2.24, 2.45) is 5.92 Å². The van der Waals surface area contributed by atoms with Crippen LogP contribution in [0.5, 0.6) is 0 Å². The minimum atomic E-state index is -0.340. The van der Waals surface area contributed by atoms with Crippen molar-refractivity contribution in [3.8, 4) is 0 Å². The summed E-state index contributed by atoms with van der Waals surface area (Å²) in [7, 11) is 0. The summed E-state index contributed by atoms with van der Waals surface area (Å²) in [5, 5.41) is 9.93. The summed E-state index contributed by atoms with van der Waals surface area (Å²) in [5.41, 5.74) is 0. The highest BCUT2D eigenvalue weighted by Gasteiger charge is 2.26. The number of nitrogens with zero attached hydrogens (tertiary/aromatic N) is 1. The summed E-state index contributed by atoms with van der Waals surface area (Å²) in [6, 6.07) is 0.515. The Labute approximate surface area is 106 Å². The summed E-state index contributed by atoms with van der Waals surface area (Å²) in [5.74, 6) is 0.880. The molecule has 0 aromatic carbocycles. The van der Waals surface area contributed by atoms with Crippen LogP contribution in [-0.4, -0.2) is 48.5 Å². The first-order chi connectivity index (χ1) is 8.13. The van der Waals surface area contributed by atoms with Gasteiger partial charge in [-0.05, 0) is 39.0 Å². The van der Waals surface area contributed by atoms with Crippen LogP contribution in [0, 0.1) is 5.92 Å². The van der Waals surface area contributed by atoms with Crippen molar-refractivity contribution in [2.45, 2.75) is 58.6 Å². The fraction of sp³-hybridized carbons (Fsp3) is 1.00. The molecule has 0 heterocycles. The highest BCUT2D eigenvalue weighted by Crippen LogP contribution is 2.30. The zero-order valence-corrected chi connectivity index (χ0v) is 11.7. The van der Waals surface area contributed by atoms with E-state index in [0.29, 0.717) is 12.6 Å². The van der Waals surface area contributed by atoms with Crippen LogP contribution in [-0.2, 0) is 4.74 Å². The normalized spacial score (nSPS) is 18.0. The van der Waals surface area contributed by atoms with Crippen molar-refractivity contribution < 1.29 is 9.84 Å². The number of aliphatic hydroxyl groups is 1. The van der Waals surface area contributed by atoms with E-state index in [-0.39, 0.29) is 6.10 Å². The number of rotatable bonds is 10. The predicted molar refractivity (Wildman–Crippen MR) is 71.2 cm³/mol. The molecule has 0 aromatic heterocycles. The fourth-order valence-electron chi connectivity index (χ4n) is 1.92. The van der Waals surface area contributed by atoms with Crippen LogP contribution in [0.4, 0.5) is 0 Å². The van der Waals surface area contributed by atoms with Gasteiger partial charge in [0.2, 0.25) is 0 Å². The minimum Gasteiger partial charge on any atom is -0.389 e. The molecule has 0 aromatic rings. The number of hydrogen-bond donors (Lipinski definition) is 1. The van der Waals surface area contributed by atoms with E-state index in [2.05, 4.69) is 25.7 Å². The van der Waals surface area contributed by atoms with Crippen molar-refractivity contribution in [3.05, 3.63) is 0 Å². The Kier molecular flexibility index (Phi) is 7.09. The van der Waals surface area contributed by atoms with E-state index < -0.39 is 0 Å². The quantitative estimate of drug-likeness (QED) is 0.598. The molecular weight excluding hydrogens is 214 g/mol. The van der Waals surface area contributed by atoms with E-state index in [9.17, 15) is 5.11 Å². The molecule has 1 N–H and O–H groups in total. The van der Waals surface area contributed by atoms with E-state index in [4.69, 9.17) is 4.74 Å². The molecule has 102 valence electrons. The molecule has 1 rings (SSSR count). The van der Waals surface area contributed by atoms with E-state index >= 15 is 0 Å². The standard InChI is InChI=1S/C14H29NO2/c1-4-5-8-17-11-14(16)10-15(12(2)3)9-13-6-7-13/h12-14,16H,4-11H2,1-3H3. The van der Waals surface area contributed by atoms with Gasteiger partial charge >= 0.3 is 0 Å². The van der Waals surface area contributed by atoms with Gasteiger partial charge in [-0.3, -0.25) is 4.90 Å². The van der Waals surface area contributed by atoms with Crippen LogP contribution in [0.25, 0.3) is 0 Å². The average molecular weight is 243 g/mol. The molecule has 1 unspecified atom stereocenters. The summed E-state index contributed by atoms with van der Waals surface area (Å²) in [4.78, 5) is 2.38. The number of aliphatic hydroxyl groups excluding tert-OH is 1. The van der Waals surface area contributed by atoms with Crippen LogP contribution in [0.2, 0.25) is 0 Å². The van der Waals surface area contributed by atoms with Crippen LogP contribution < -0.4 is 0 Å². The van der Waals surface area contributed by atoms with E-state index in [1.54, 1.807) is 0 Å². The number of hydrogen-bond acceptors (Lipinski definition) is 3. The molecule has 1 aliphatic rings. The van der Waals surface area contributed by atoms with E-state index in [1.165, 1.54) is 12.8 Å². The smallest absolute Gasteiger partial charge is 0.0900 e. The van der Waals surface area contributed by atoms with Crippen molar-refractivity contribution in [1.82, 2.24) is 4.90 Å². The lowest BCUT2D eigenvalue weighted by molar-refractivity contribution is 0.00944. The zero-order chi connectivity index (χ0) is 12.7. The summed E-state index contributed by atoms with van der Waals surface area (Å²) >= 11 is 0. The SMILES string of the molecule is CCCCOCC(O)CN(CC1CC1)C(C)C. The van der Waals surface area contributed by atoms with Crippen molar-refractivity contribution in [1.29, 1.82) is 0 Å². The molecule has 3 nitrogen and oxygen atoms in total. The van der Waals surface area contributed by atoms with Crippen LogP contribution in [0.15, 0.2) is 0 Å². The minimum absolute atomic E-state index is 0.340. The topological polar surface area (TPSA) is 32.7 Å². The van der Waals surface area contributed by atoms with E-state index in [1.807, 2.05) is 0 Å². The molecule has 0 spiro atoms. The predicted octanol–water partition coefficient (Wildman–Crippen LogP) is 2.28. The molecular formula is C14H29NO2. The second kappa shape index (κ2) is 8.06. The molecule has 1 fully saturated rings. The summed E-state index contributed by atoms with van der Waals surface area (Å²) in [6.07, 6.45) is 4.63. The van der Waals surface area contributed by atoms with Gasteiger partial charge in [0.25, 0.3) is 0 Å². The third kappa shape index (κ3) is 7.02. The zero-order valence-electron chi connectivity index (χ0n) is 11.7. The Balaban J connectivity index is 2.13. The highest BCUT2D eigenvalue weighted by molar-refractivity contribution is 4.79. The Morgan fingerprint density at radius 1 is 1.35 bits per heavy atom. The molecule has 0 aliphatic heterocycles. The van der Waals surface area contributed by atoms with Crippen molar-refractivity contribution >= 4 is 0 Å². The lowest BCUT2D eigenvalue weighted by atomic mass is 10.2. The Hall–Kier alpha value is -0.120. The molecule has 0 amide bonds. The molecule has 3 heteroatoms. The van der Waals surface area contributed by atoms with Gasteiger partial charge in [0.05, 0.1) is 12.7 Å². The van der Waals surface area contributed by atoms with Crippen molar-refractivity contribution in [3.63, 3.8) is 0 Å². The Bertz CT molecular complexity index is 193. The van der Waals surface area contributed by atoms with Crippen LogP contribution in [0.1, 0.15) is 46.5 Å². The summed E-state index contributed by atoms with van der Waals surface area (Å²) < 4.78 is 5.46. The van der Waals surface area contributed by atoms with Crippen LogP contribution >= 0.6 is 0 Å². The fourth-order valence-corrected chi connectivity index (χ4v) is 1.92. The first-order valence-electron chi connectivity index (χ1n) is 7.13. The molecule has 0 saturated heterocycles. The van der Waals surface area contributed by atoms with Gasteiger partial charge in [-0.25, -0.2) is 0 Å². The second-order valence-electron chi connectivity index (χ2n) is 5.57. The number of unbranched alkanes of at least 4 members (excludes halogenated alkanes) is 1. The van der Waals surface area contributed by atoms with Gasteiger partial charge in [0.15, 0.2) is 0 Å². The molecule has 1 aliphatic carbocycles. The maximum absolute atomic E-state index is 9.93. The third-order valence-corrected chi connectivity index (χ3v) is 3.32. The maximum atomic E-state index is 9.93. The lowest BCUT2D eigenvalue weighted by Crippen LogP contribution is -2.40. The second-order valence-corrected chi connectivity index (χ2v) is 5.57. The first kappa shape index (κ1) is 14.9. The third-order valence-electron chi connectivity index (χ3n) is 3.32. The van der Waals surface area contributed by atoms with Gasteiger partial charge in [0.1, 0.15) is 0 Å². The molecule has 0 radical (unpaired) electrons. The molecule has 1 saturated carbocycles. The monoisotopic (exact) mass is 243 g/mol. The summed E-state index contributed by atoms with van der Waals surface area (Å²) in [6.45, 7) is 9.70. The van der Waals surface area contributed by atoms with Gasteiger partial charge in [-0.1, -0.05) is 13.3 Å². The van der Waals surface area contributed by atoms with Gasteiger partial charge in [0, 0.05) is 25.7 Å². The number of ether oxygens (including phenoxy) is 1. The maximum Gasteiger partial charge on any atom is 0.0900 e. The van der Waals surface area contributed by atoms with Gasteiger partial charge < -0.3 is 9.84 Å². The lowest BCUT2D eigenvalue weighted by Gasteiger charge is -2.28.